The molecule has 1 atom stereocenters. The van der Waals surface area contributed by atoms with Gasteiger partial charge in [0.2, 0.25) is 0 Å². The number of methoxy groups -OCH3 is 2. The SMILES string of the molecule is COC1(OC)CN(C(CCO)C(C)C)C1. The van der Waals surface area contributed by atoms with Gasteiger partial charge in [0.25, 0.3) is 0 Å². The van der Waals surface area contributed by atoms with E-state index in [1.54, 1.807) is 14.2 Å². The summed E-state index contributed by atoms with van der Waals surface area (Å²) in [7, 11) is 3.36. The second kappa shape index (κ2) is 5.25. The Morgan fingerprint density at radius 3 is 2.13 bits per heavy atom. The fourth-order valence-electron chi connectivity index (χ4n) is 2.22. The third kappa shape index (κ3) is 2.69. The van der Waals surface area contributed by atoms with Crippen molar-refractivity contribution < 1.29 is 14.6 Å². The summed E-state index contributed by atoms with van der Waals surface area (Å²) in [6.45, 7) is 6.19. The third-order valence-electron chi connectivity index (χ3n) is 3.30. The topological polar surface area (TPSA) is 41.9 Å². The van der Waals surface area contributed by atoms with Gasteiger partial charge >= 0.3 is 0 Å². The average molecular weight is 217 g/mol. The molecule has 1 fully saturated rings. The van der Waals surface area contributed by atoms with Crippen LogP contribution in [0.1, 0.15) is 20.3 Å². The van der Waals surface area contributed by atoms with Gasteiger partial charge in [-0.1, -0.05) is 13.8 Å². The summed E-state index contributed by atoms with van der Waals surface area (Å²) in [5.74, 6) is 0.131. The summed E-state index contributed by atoms with van der Waals surface area (Å²) < 4.78 is 10.7. The predicted octanol–water partition coefficient (Wildman–Crippen LogP) is 0.698. The summed E-state index contributed by atoms with van der Waals surface area (Å²) in [6.07, 6.45) is 0.821. The van der Waals surface area contributed by atoms with Crippen LogP contribution in [0.25, 0.3) is 0 Å². The van der Waals surface area contributed by atoms with Crippen LogP contribution in [-0.4, -0.2) is 55.8 Å². The molecule has 90 valence electrons. The molecule has 0 saturated carbocycles. The number of aliphatic hydroxyl groups excluding tert-OH is 1. The second-order valence-corrected chi connectivity index (χ2v) is 4.55. The zero-order valence-corrected chi connectivity index (χ0v) is 10.2. The Bertz CT molecular complexity index is 184. The summed E-state index contributed by atoms with van der Waals surface area (Å²) in [5, 5.41) is 9.01. The van der Waals surface area contributed by atoms with E-state index < -0.39 is 5.79 Å². The first kappa shape index (κ1) is 12.9. The molecular formula is C11H23NO3. The van der Waals surface area contributed by atoms with Crippen molar-refractivity contribution in [2.45, 2.75) is 32.1 Å². The third-order valence-corrected chi connectivity index (χ3v) is 3.30. The lowest BCUT2D eigenvalue weighted by molar-refractivity contribution is -0.284. The van der Waals surface area contributed by atoms with E-state index in [0.717, 1.165) is 19.5 Å². The minimum Gasteiger partial charge on any atom is -0.396 e. The summed E-state index contributed by atoms with van der Waals surface area (Å²) in [6, 6.07) is 0.424. The van der Waals surface area contributed by atoms with Crippen molar-refractivity contribution in [2.75, 3.05) is 33.9 Å². The number of likely N-dealkylation sites (tertiary alicyclic amines) is 1. The highest BCUT2D eigenvalue weighted by atomic mass is 16.7. The van der Waals surface area contributed by atoms with Gasteiger partial charge in [0.05, 0.1) is 13.1 Å². The van der Waals surface area contributed by atoms with Crippen LogP contribution in [0, 0.1) is 5.92 Å². The summed E-state index contributed by atoms with van der Waals surface area (Å²) in [5.41, 5.74) is 0. The van der Waals surface area contributed by atoms with Gasteiger partial charge in [-0.25, -0.2) is 0 Å². The lowest BCUT2D eigenvalue weighted by atomic mass is 9.94. The van der Waals surface area contributed by atoms with Crippen LogP contribution in [0.4, 0.5) is 0 Å². The van der Waals surface area contributed by atoms with Gasteiger partial charge < -0.3 is 14.6 Å². The molecule has 0 aromatic rings. The van der Waals surface area contributed by atoms with Crippen LogP contribution in [0.15, 0.2) is 0 Å². The van der Waals surface area contributed by atoms with Crippen molar-refractivity contribution >= 4 is 0 Å². The van der Waals surface area contributed by atoms with Crippen LogP contribution in [0.3, 0.4) is 0 Å². The quantitative estimate of drug-likeness (QED) is 0.665. The van der Waals surface area contributed by atoms with Crippen LogP contribution in [0.5, 0.6) is 0 Å². The van der Waals surface area contributed by atoms with Crippen molar-refractivity contribution in [1.29, 1.82) is 0 Å². The number of ether oxygens (including phenoxy) is 2. The molecule has 0 radical (unpaired) electrons. The van der Waals surface area contributed by atoms with E-state index in [0.29, 0.717) is 12.0 Å². The van der Waals surface area contributed by atoms with Crippen molar-refractivity contribution in [1.82, 2.24) is 4.90 Å². The molecule has 1 unspecified atom stereocenters. The molecule has 4 nitrogen and oxygen atoms in total. The highest BCUT2D eigenvalue weighted by Crippen LogP contribution is 2.30. The summed E-state index contributed by atoms with van der Waals surface area (Å²) >= 11 is 0. The van der Waals surface area contributed by atoms with Crippen LogP contribution in [-0.2, 0) is 9.47 Å². The molecule has 1 saturated heterocycles. The maximum absolute atomic E-state index is 9.01. The minimum atomic E-state index is -0.414. The van der Waals surface area contributed by atoms with Crippen molar-refractivity contribution in [3.63, 3.8) is 0 Å². The standard InChI is InChI=1S/C11H23NO3/c1-9(2)10(5-6-13)12-7-11(8-12,14-3)15-4/h9-10,13H,5-8H2,1-4H3. The Kier molecular flexibility index (Phi) is 4.52. The van der Waals surface area contributed by atoms with Crippen LogP contribution in [0.2, 0.25) is 0 Å². The number of nitrogens with zero attached hydrogens (tertiary/aromatic N) is 1. The number of rotatable bonds is 6. The molecule has 1 heterocycles. The minimum absolute atomic E-state index is 0.242. The van der Waals surface area contributed by atoms with E-state index in [-0.39, 0.29) is 6.61 Å². The lowest BCUT2D eigenvalue weighted by Gasteiger charge is -2.51. The van der Waals surface area contributed by atoms with Crippen LogP contribution < -0.4 is 0 Å². The molecule has 1 rings (SSSR count). The Labute approximate surface area is 92.2 Å². The molecule has 0 amide bonds. The first-order valence-corrected chi connectivity index (χ1v) is 5.54. The maximum atomic E-state index is 9.01. The Hall–Kier alpha value is -0.160. The molecule has 0 aliphatic carbocycles. The Balaban J connectivity index is 2.46. The van der Waals surface area contributed by atoms with E-state index in [4.69, 9.17) is 14.6 Å². The Morgan fingerprint density at radius 1 is 1.27 bits per heavy atom. The van der Waals surface area contributed by atoms with Crippen LogP contribution >= 0.6 is 0 Å². The highest BCUT2D eigenvalue weighted by Gasteiger charge is 2.46. The predicted molar refractivity (Wildman–Crippen MR) is 58.7 cm³/mol. The lowest BCUT2D eigenvalue weighted by Crippen LogP contribution is -2.67. The molecule has 1 aliphatic heterocycles. The van der Waals surface area contributed by atoms with Gasteiger partial charge in [-0.2, -0.15) is 0 Å². The summed E-state index contributed by atoms with van der Waals surface area (Å²) in [4.78, 5) is 2.31. The fraction of sp³-hybridized carbons (Fsp3) is 1.00. The molecule has 0 aromatic heterocycles. The average Bonchev–Trinajstić information content (AvgIpc) is 2.15. The monoisotopic (exact) mass is 217 g/mol. The molecule has 1 N–H and O–H groups in total. The molecule has 0 bridgehead atoms. The number of hydrogen-bond acceptors (Lipinski definition) is 4. The van der Waals surface area contributed by atoms with E-state index in [2.05, 4.69) is 18.7 Å². The molecule has 15 heavy (non-hydrogen) atoms. The smallest absolute Gasteiger partial charge is 0.193 e. The van der Waals surface area contributed by atoms with Gasteiger partial charge in [-0.15, -0.1) is 0 Å². The zero-order valence-electron chi connectivity index (χ0n) is 10.2. The van der Waals surface area contributed by atoms with Crippen molar-refractivity contribution in [3.8, 4) is 0 Å². The first-order valence-electron chi connectivity index (χ1n) is 5.54. The zero-order chi connectivity index (χ0) is 11.5. The second-order valence-electron chi connectivity index (χ2n) is 4.55. The number of hydrogen-bond donors (Lipinski definition) is 1. The number of aliphatic hydroxyl groups is 1. The fourth-order valence-corrected chi connectivity index (χ4v) is 2.22. The van der Waals surface area contributed by atoms with Gasteiger partial charge in [0, 0.05) is 26.9 Å². The van der Waals surface area contributed by atoms with Gasteiger partial charge in [0.1, 0.15) is 0 Å². The molecule has 1 aliphatic rings. The van der Waals surface area contributed by atoms with E-state index in [9.17, 15) is 0 Å². The van der Waals surface area contributed by atoms with Crippen molar-refractivity contribution in [2.24, 2.45) is 5.92 Å². The van der Waals surface area contributed by atoms with Gasteiger partial charge in [-0.3, -0.25) is 4.90 Å². The van der Waals surface area contributed by atoms with E-state index in [1.165, 1.54) is 0 Å². The van der Waals surface area contributed by atoms with E-state index >= 15 is 0 Å². The van der Waals surface area contributed by atoms with Gasteiger partial charge in [0.15, 0.2) is 5.79 Å². The van der Waals surface area contributed by atoms with Gasteiger partial charge in [-0.05, 0) is 12.3 Å². The molecular weight excluding hydrogens is 194 g/mol. The normalized spacial score (nSPS) is 22.8. The highest BCUT2D eigenvalue weighted by molar-refractivity contribution is 4.93. The molecule has 0 aromatic carbocycles. The molecule has 4 heteroatoms. The van der Waals surface area contributed by atoms with Crippen molar-refractivity contribution in [3.05, 3.63) is 0 Å². The Morgan fingerprint density at radius 2 is 1.80 bits per heavy atom. The maximum Gasteiger partial charge on any atom is 0.193 e. The van der Waals surface area contributed by atoms with E-state index in [1.807, 2.05) is 0 Å². The molecule has 0 spiro atoms. The first-order chi connectivity index (χ1) is 7.08. The largest absolute Gasteiger partial charge is 0.396 e.